The van der Waals surface area contributed by atoms with Crippen molar-refractivity contribution in [1.29, 1.82) is 0 Å². The van der Waals surface area contributed by atoms with Gasteiger partial charge in [0, 0.05) is 12.6 Å². The van der Waals surface area contributed by atoms with E-state index in [4.69, 9.17) is 11.5 Å². The number of nitro groups is 1. The minimum atomic E-state index is -0.807. The summed E-state index contributed by atoms with van der Waals surface area (Å²) in [4.78, 5) is 23.5. The zero-order chi connectivity index (χ0) is 15.4. The third-order valence-corrected chi connectivity index (χ3v) is 2.95. The lowest BCUT2D eigenvalue weighted by Gasteiger charge is -2.21. The summed E-state index contributed by atoms with van der Waals surface area (Å²) in [7, 11) is 0. The number of rotatable bonds is 4. The van der Waals surface area contributed by atoms with Crippen LogP contribution in [0.4, 0.5) is 21.9 Å². The van der Waals surface area contributed by atoms with Crippen LogP contribution in [0.5, 0.6) is 0 Å². The number of nitrogens with zero attached hydrogens (tertiary/aromatic N) is 2. The maximum Gasteiger partial charge on any atom is 0.324 e. The number of hydrogen-bond donors (Lipinski definition) is 2. The third-order valence-electron chi connectivity index (χ3n) is 2.95. The molecule has 2 amide bonds. The van der Waals surface area contributed by atoms with Crippen LogP contribution in [0.2, 0.25) is 0 Å². The van der Waals surface area contributed by atoms with Gasteiger partial charge in [-0.15, -0.1) is 0 Å². The van der Waals surface area contributed by atoms with E-state index in [1.54, 1.807) is 36.4 Å². The second kappa shape index (κ2) is 6.02. The first kappa shape index (κ1) is 14.5. The quantitative estimate of drug-likeness (QED) is 0.662. The first-order chi connectivity index (χ1) is 10.0. The van der Waals surface area contributed by atoms with Gasteiger partial charge in [-0.05, 0) is 23.8 Å². The highest BCUT2D eigenvalue weighted by Gasteiger charge is 2.24. The van der Waals surface area contributed by atoms with Crippen LogP contribution in [0.1, 0.15) is 5.56 Å². The van der Waals surface area contributed by atoms with Gasteiger partial charge in [0.15, 0.2) is 0 Å². The van der Waals surface area contributed by atoms with Gasteiger partial charge in [0.2, 0.25) is 0 Å². The summed E-state index contributed by atoms with van der Waals surface area (Å²) in [6.45, 7) is 0.201. The maximum atomic E-state index is 11.8. The highest BCUT2D eigenvalue weighted by molar-refractivity contribution is 6.00. The Morgan fingerprint density at radius 2 is 1.86 bits per heavy atom. The second-order valence-corrected chi connectivity index (χ2v) is 4.29. The van der Waals surface area contributed by atoms with E-state index in [-0.39, 0.29) is 17.9 Å². The summed E-state index contributed by atoms with van der Waals surface area (Å²) >= 11 is 0. The molecule has 0 radical (unpaired) electrons. The molecule has 0 fully saturated rings. The number of carbonyl (C=O) groups is 1. The molecule has 0 bridgehead atoms. The molecule has 7 heteroatoms. The van der Waals surface area contributed by atoms with Crippen LogP contribution < -0.4 is 16.4 Å². The van der Waals surface area contributed by atoms with Gasteiger partial charge in [-0.2, -0.15) is 0 Å². The number of anilines is 2. The van der Waals surface area contributed by atoms with E-state index >= 15 is 0 Å². The fraction of sp³-hybridized carbons (Fsp3) is 0.0714. The first-order valence-corrected chi connectivity index (χ1v) is 6.16. The van der Waals surface area contributed by atoms with Crippen molar-refractivity contribution in [2.45, 2.75) is 6.54 Å². The number of para-hydroxylation sites is 1. The molecule has 0 atom stereocenters. The van der Waals surface area contributed by atoms with Crippen molar-refractivity contribution in [2.75, 3.05) is 4.90 Å². The number of primary amides is 1. The molecule has 0 aliphatic carbocycles. The predicted molar refractivity (Wildman–Crippen MR) is 79.2 cm³/mol. The Morgan fingerprint density at radius 3 is 2.38 bits per heavy atom. The molecule has 2 aromatic rings. The summed E-state index contributed by atoms with van der Waals surface area (Å²) in [5.41, 5.74) is 11.9. The molecule has 4 N–H and O–H groups in total. The lowest BCUT2D eigenvalue weighted by Crippen LogP contribution is -2.32. The van der Waals surface area contributed by atoms with Crippen LogP contribution in [0.3, 0.4) is 0 Å². The summed E-state index contributed by atoms with van der Waals surface area (Å²) in [5, 5.41) is 11.2. The number of benzene rings is 2. The standard InChI is InChI=1S/C14H14N4O3/c15-9-10-6-7-12(18(20)21)13(8-10)17(14(16)19)11-4-2-1-3-5-11/h1-8H,9,15H2,(H2,16,19). The van der Waals surface area contributed by atoms with Crippen LogP contribution >= 0.6 is 0 Å². The first-order valence-electron chi connectivity index (χ1n) is 6.16. The fourth-order valence-electron chi connectivity index (χ4n) is 1.99. The van der Waals surface area contributed by atoms with Crippen molar-refractivity contribution in [2.24, 2.45) is 11.5 Å². The average molecular weight is 286 g/mol. The van der Waals surface area contributed by atoms with Crippen LogP contribution in [0, 0.1) is 10.1 Å². The molecule has 0 saturated heterocycles. The SMILES string of the molecule is NCc1ccc([N+](=O)[O-])c(N(C(N)=O)c2ccccc2)c1. The average Bonchev–Trinajstić information content (AvgIpc) is 2.47. The second-order valence-electron chi connectivity index (χ2n) is 4.29. The molecule has 7 nitrogen and oxygen atoms in total. The van der Waals surface area contributed by atoms with E-state index < -0.39 is 11.0 Å². The minimum Gasteiger partial charge on any atom is -0.351 e. The van der Waals surface area contributed by atoms with Crippen LogP contribution in [0.25, 0.3) is 0 Å². The summed E-state index contributed by atoms with van der Waals surface area (Å²) in [6, 6.07) is 12.0. The predicted octanol–water partition coefficient (Wildman–Crippen LogP) is 2.27. The molecule has 0 aliphatic rings. The van der Waals surface area contributed by atoms with Gasteiger partial charge in [-0.25, -0.2) is 4.79 Å². The van der Waals surface area contributed by atoms with Crippen LogP contribution in [-0.2, 0) is 6.54 Å². The van der Waals surface area contributed by atoms with Crippen molar-refractivity contribution in [3.63, 3.8) is 0 Å². The molecule has 0 saturated carbocycles. The fourth-order valence-corrected chi connectivity index (χ4v) is 1.99. The molecule has 0 aliphatic heterocycles. The third kappa shape index (κ3) is 2.98. The topological polar surface area (TPSA) is 115 Å². The van der Waals surface area contributed by atoms with E-state index in [2.05, 4.69) is 0 Å². The van der Waals surface area contributed by atoms with E-state index in [0.29, 0.717) is 11.3 Å². The van der Waals surface area contributed by atoms with Gasteiger partial charge in [0.05, 0.1) is 10.6 Å². The normalized spacial score (nSPS) is 10.1. The van der Waals surface area contributed by atoms with Crippen molar-refractivity contribution in [3.8, 4) is 0 Å². The van der Waals surface area contributed by atoms with E-state index in [1.807, 2.05) is 0 Å². The van der Waals surface area contributed by atoms with Gasteiger partial charge in [-0.1, -0.05) is 24.3 Å². The number of hydrogen-bond acceptors (Lipinski definition) is 4. The highest BCUT2D eigenvalue weighted by Crippen LogP contribution is 2.34. The van der Waals surface area contributed by atoms with E-state index in [0.717, 1.165) is 4.90 Å². The van der Waals surface area contributed by atoms with Gasteiger partial charge in [-0.3, -0.25) is 15.0 Å². The molecule has 0 spiro atoms. The Labute approximate surface area is 120 Å². The molecule has 0 unspecified atom stereocenters. The molecule has 0 aromatic heterocycles. The van der Waals surface area contributed by atoms with Crippen molar-refractivity contribution < 1.29 is 9.72 Å². The van der Waals surface area contributed by atoms with Gasteiger partial charge >= 0.3 is 6.03 Å². The summed E-state index contributed by atoms with van der Waals surface area (Å²) < 4.78 is 0. The summed E-state index contributed by atoms with van der Waals surface area (Å²) in [5.74, 6) is 0. The molecular weight excluding hydrogens is 272 g/mol. The van der Waals surface area contributed by atoms with E-state index in [9.17, 15) is 14.9 Å². The molecule has 0 heterocycles. The lowest BCUT2D eigenvalue weighted by atomic mass is 10.1. The highest BCUT2D eigenvalue weighted by atomic mass is 16.6. The van der Waals surface area contributed by atoms with Crippen LogP contribution in [-0.4, -0.2) is 11.0 Å². The molecular formula is C14H14N4O3. The zero-order valence-corrected chi connectivity index (χ0v) is 11.1. The largest absolute Gasteiger partial charge is 0.351 e. The van der Waals surface area contributed by atoms with Crippen molar-refractivity contribution >= 4 is 23.1 Å². The van der Waals surface area contributed by atoms with Gasteiger partial charge < -0.3 is 11.5 Å². The van der Waals surface area contributed by atoms with Crippen molar-refractivity contribution in [3.05, 3.63) is 64.2 Å². The van der Waals surface area contributed by atoms with Gasteiger partial charge in [0.1, 0.15) is 5.69 Å². The monoisotopic (exact) mass is 286 g/mol. The van der Waals surface area contributed by atoms with E-state index in [1.165, 1.54) is 12.1 Å². The molecule has 2 rings (SSSR count). The maximum absolute atomic E-state index is 11.8. The lowest BCUT2D eigenvalue weighted by molar-refractivity contribution is -0.384. The number of amides is 2. The number of nitrogens with two attached hydrogens (primary N) is 2. The Morgan fingerprint density at radius 1 is 1.19 bits per heavy atom. The van der Waals surface area contributed by atoms with Crippen LogP contribution in [0.15, 0.2) is 48.5 Å². The molecule has 21 heavy (non-hydrogen) atoms. The molecule has 108 valence electrons. The summed E-state index contributed by atoms with van der Waals surface area (Å²) in [6.07, 6.45) is 0. The zero-order valence-electron chi connectivity index (χ0n) is 11.1. The van der Waals surface area contributed by atoms with Gasteiger partial charge in [0.25, 0.3) is 5.69 Å². The Balaban J connectivity index is 2.64. The Hall–Kier alpha value is -2.93. The number of nitro benzene ring substituents is 1. The Bertz CT molecular complexity index is 673. The minimum absolute atomic E-state index is 0.0988. The molecule has 2 aromatic carbocycles. The number of carbonyl (C=O) groups excluding carboxylic acids is 1. The van der Waals surface area contributed by atoms with Crippen molar-refractivity contribution in [1.82, 2.24) is 0 Å². The Kier molecular flexibility index (Phi) is 4.15. The number of urea groups is 1. The smallest absolute Gasteiger partial charge is 0.324 e.